The van der Waals surface area contributed by atoms with Crippen molar-refractivity contribution in [3.63, 3.8) is 0 Å². The lowest BCUT2D eigenvalue weighted by Gasteiger charge is -2.07. The number of hydrogen-bond acceptors (Lipinski definition) is 3. The normalized spacial score (nSPS) is 12.8. The number of rotatable bonds is 4. The molecule has 0 aliphatic heterocycles. The average molecular weight is 295 g/mol. The molecule has 21 heavy (non-hydrogen) atoms. The second-order valence-corrected chi connectivity index (χ2v) is 6.27. The van der Waals surface area contributed by atoms with Crippen molar-refractivity contribution in [3.8, 4) is 11.8 Å². The van der Waals surface area contributed by atoms with Crippen LogP contribution in [-0.4, -0.2) is 7.11 Å². The van der Waals surface area contributed by atoms with Gasteiger partial charge in [0.05, 0.1) is 12.7 Å². The zero-order valence-electron chi connectivity index (χ0n) is 12.1. The Morgan fingerprint density at radius 2 is 2.00 bits per heavy atom. The van der Waals surface area contributed by atoms with Gasteiger partial charge in [0, 0.05) is 10.6 Å². The van der Waals surface area contributed by atoms with E-state index in [1.807, 2.05) is 30.0 Å². The van der Waals surface area contributed by atoms with Crippen molar-refractivity contribution in [2.24, 2.45) is 0 Å². The Balaban J connectivity index is 1.72. The Kier molecular flexibility index (Phi) is 4.17. The lowest BCUT2D eigenvalue weighted by atomic mass is 10.1. The first-order valence-corrected chi connectivity index (χ1v) is 8.10. The Morgan fingerprint density at radius 1 is 1.14 bits per heavy atom. The van der Waals surface area contributed by atoms with Gasteiger partial charge in [-0.1, -0.05) is 12.1 Å². The zero-order chi connectivity index (χ0) is 14.7. The largest absolute Gasteiger partial charge is 0.495 e. The molecular formula is C18H17NOS. The topological polar surface area (TPSA) is 33.0 Å². The smallest absolute Gasteiger partial charge is 0.136 e. The van der Waals surface area contributed by atoms with Crippen molar-refractivity contribution in [2.75, 3.05) is 7.11 Å². The number of fused-ring (bicyclic) bond motifs is 1. The molecule has 2 aromatic carbocycles. The fourth-order valence-electron chi connectivity index (χ4n) is 2.72. The summed E-state index contributed by atoms with van der Waals surface area (Å²) >= 11 is 1.83. The predicted molar refractivity (Wildman–Crippen MR) is 85.7 cm³/mol. The highest BCUT2D eigenvalue weighted by Gasteiger charge is 2.11. The van der Waals surface area contributed by atoms with Gasteiger partial charge < -0.3 is 4.74 Å². The second-order valence-electron chi connectivity index (χ2n) is 5.22. The van der Waals surface area contributed by atoms with Crippen molar-refractivity contribution >= 4 is 11.8 Å². The summed E-state index contributed by atoms with van der Waals surface area (Å²) in [6.45, 7) is 0. The van der Waals surface area contributed by atoms with Gasteiger partial charge >= 0.3 is 0 Å². The van der Waals surface area contributed by atoms with Crippen LogP contribution >= 0.6 is 11.8 Å². The van der Waals surface area contributed by atoms with E-state index in [-0.39, 0.29) is 0 Å². The van der Waals surface area contributed by atoms with Crippen molar-refractivity contribution < 1.29 is 4.74 Å². The van der Waals surface area contributed by atoms with E-state index >= 15 is 0 Å². The molecular weight excluding hydrogens is 278 g/mol. The number of thioether (sulfide) groups is 1. The quantitative estimate of drug-likeness (QED) is 0.786. The number of nitrogens with zero attached hydrogens (tertiary/aromatic N) is 1. The van der Waals surface area contributed by atoms with Crippen LogP contribution in [0.3, 0.4) is 0 Å². The molecule has 0 unspecified atom stereocenters. The van der Waals surface area contributed by atoms with Crippen molar-refractivity contribution in [1.29, 1.82) is 5.26 Å². The Labute approximate surface area is 129 Å². The average Bonchev–Trinajstić information content (AvgIpc) is 3.00. The monoisotopic (exact) mass is 295 g/mol. The number of benzene rings is 2. The van der Waals surface area contributed by atoms with Crippen LogP contribution in [0.2, 0.25) is 0 Å². The summed E-state index contributed by atoms with van der Waals surface area (Å²) in [6.07, 6.45) is 3.73. The van der Waals surface area contributed by atoms with Crippen LogP contribution in [0.4, 0.5) is 0 Å². The molecule has 1 aliphatic carbocycles. The van der Waals surface area contributed by atoms with Crippen molar-refractivity contribution in [2.45, 2.75) is 29.9 Å². The molecule has 0 amide bonds. The third-order valence-corrected chi connectivity index (χ3v) is 4.93. The van der Waals surface area contributed by atoms with Crippen LogP contribution in [0.15, 0.2) is 41.3 Å². The molecule has 0 N–H and O–H groups in total. The SMILES string of the molecule is COc1cc(CSc2ccc3c(c2)CCC3)ccc1C#N. The first-order valence-electron chi connectivity index (χ1n) is 7.12. The summed E-state index contributed by atoms with van der Waals surface area (Å²) in [5.74, 6) is 1.55. The highest BCUT2D eigenvalue weighted by Crippen LogP contribution is 2.30. The minimum Gasteiger partial charge on any atom is -0.495 e. The number of aryl methyl sites for hydroxylation is 2. The molecule has 0 saturated carbocycles. The third-order valence-electron chi connectivity index (χ3n) is 3.86. The van der Waals surface area contributed by atoms with Gasteiger partial charge in [-0.05, 0) is 60.2 Å². The number of ether oxygens (including phenoxy) is 1. The van der Waals surface area contributed by atoms with Crippen LogP contribution in [-0.2, 0) is 18.6 Å². The molecule has 3 heteroatoms. The Morgan fingerprint density at radius 3 is 2.81 bits per heavy atom. The van der Waals surface area contributed by atoms with E-state index in [9.17, 15) is 0 Å². The first-order chi connectivity index (χ1) is 10.3. The molecule has 0 bridgehead atoms. The number of methoxy groups -OCH3 is 1. The Bertz CT molecular complexity index is 703. The third kappa shape index (κ3) is 3.06. The molecule has 0 saturated heterocycles. The minimum atomic E-state index is 0.587. The van der Waals surface area contributed by atoms with E-state index in [1.165, 1.54) is 40.8 Å². The fourth-order valence-corrected chi connectivity index (χ4v) is 3.63. The molecule has 106 valence electrons. The summed E-state index contributed by atoms with van der Waals surface area (Å²) < 4.78 is 5.26. The predicted octanol–water partition coefficient (Wildman–Crippen LogP) is 4.35. The minimum absolute atomic E-state index is 0.587. The maximum atomic E-state index is 9.00. The van der Waals surface area contributed by atoms with Gasteiger partial charge in [-0.2, -0.15) is 5.26 Å². The van der Waals surface area contributed by atoms with E-state index in [0.29, 0.717) is 11.3 Å². The van der Waals surface area contributed by atoms with Crippen molar-refractivity contribution in [1.82, 2.24) is 0 Å². The van der Waals surface area contributed by atoms with Gasteiger partial charge in [0.1, 0.15) is 11.8 Å². The van der Waals surface area contributed by atoms with Crippen molar-refractivity contribution in [3.05, 3.63) is 58.7 Å². The summed E-state index contributed by atoms with van der Waals surface area (Å²) in [5.41, 5.74) is 4.79. The molecule has 0 atom stereocenters. The van der Waals surface area contributed by atoms with E-state index in [2.05, 4.69) is 24.3 Å². The first kappa shape index (κ1) is 14.0. The summed E-state index contributed by atoms with van der Waals surface area (Å²) in [5, 5.41) is 9.00. The molecule has 0 heterocycles. The van der Waals surface area contributed by atoms with E-state index in [1.54, 1.807) is 7.11 Å². The van der Waals surface area contributed by atoms with Gasteiger partial charge in [-0.3, -0.25) is 0 Å². The summed E-state index contributed by atoms with van der Waals surface area (Å²) in [6, 6.07) is 14.7. The molecule has 1 aliphatic rings. The maximum Gasteiger partial charge on any atom is 0.136 e. The second kappa shape index (κ2) is 6.24. The lowest BCUT2D eigenvalue weighted by Crippen LogP contribution is -1.90. The van der Waals surface area contributed by atoms with Gasteiger partial charge in [-0.25, -0.2) is 0 Å². The molecule has 0 aromatic heterocycles. The maximum absolute atomic E-state index is 9.00. The van der Waals surface area contributed by atoms with Crippen LogP contribution in [0.1, 0.15) is 28.7 Å². The standard InChI is InChI=1S/C18H17NOS/c1-20-18-9-13(5-6-16(18)11-19)12-21-17-8-7-14-3-2-4-15(14)10-17/h5-10H,2-4,12H2,1H3. The van der Waals surface area contributed by atoms with E-state index in [0.717, 1.165) is 5.75 Å². The van der Waals surface area contributed by atoms with Gasteiger partial charge in [0.15, 0.2) is 0 Å². The van der Waals surface area contributed by atoms with Crippen LogP contribution in [0, 0.1) is 11.3 Å². The van der Waals surface area contributed by atoms with Gasteiger partial charge in [-0.15, -0.1) is 11.8 Å². The highest BCUT2D eigenvalue weighted by molar-refractivity contribution is 7.98. The van der Waals surface area contributed by atoms with Crippen LogP contribution < -0.4 is 4.74 Å². The van der Waals surface area contributed by atoms with E-state index in [4.69, 9.17) is 10.00 Å². The van der Waals surface area contributed by atoms with E-state index < -0.39 is 0 Å². The number of nitriles is 1. The van der Waals surface area contributed by atoms with Crippen LogP contribution in [0.25, 0.3) is 0 Å². The van der Waals surface area contributed by atoms with Crippen LogP contribution in [0.5, 0.6) is 5.75 Å². The number of hydrogen-bond donors (Lipinski definition) is 0. The summed E-state index contributed by atoms with van der Waals surface area (Å²) in [7, 11) is 1.60. The molecule has 0 spiro atoms. The van der Waals surface area contributed by atoms with Gasteiger partial charge in [0.25, 0.3) is 0 Å². The molecule has 0 radical (unpaired) electrons. The lowest BCUT2D eigenvalue weighted by molar-refractivity contribution is 0.413. The zero-order valence-corrected chi connectivity index (χ0v) is 12.9. The molecule has 0 fully saturated rings. The summed E-state index contributed by atoms with van der Waals surface area (Å²) in [4.78, 5) is 1.32. The fraction of sp³-hybridized carbons (Fsp3) is 0.278. The highest BCUT2D eigenvalue weighted by atomic mass is 32.2. The molecule has 2 aromatic rings. The molecule has 3 rings (SSSR count). The Hall–Kier alpha value is -1.92. The van der Waals surface area contributed by atoms with Gasteiger partial charge in [0.2, 0.25) is 0 Å². The molecule has 2 nitrogen and oxygen atoms in total.